The highest BCUT2D eigenvalue weighted by Gasteiger charge is 2.31. The molecule has 1 aromatic carbocycles. The minimum atomic E-state index is -4.64. The molecule has 3 nitrogen and oxygen atoms in total. The van der Waals surface area contributed by atoms with Crippen LogP contribution < -0.4 is 9.64 Å². The van der Waals surface area contributed by atoms with E-state index in [2.05, 4.69) is 28.6 Å². The third kappa shape index (κ3) is 4.03. The molecule has 0 unspecified atom stereocenters. The summed E-state index contributed by atoms with van der Waals surface area (Å²) in [5, 5.41) is 0. The van der Waals surface area contributed by atoms with Crippen LogP contribution in [-0.4, -0.2) is 44.5 Å². The second-order valence-corrected chi connectivity index (χ2v) is 5.23. The van der Waals surface area contributed by atoms with Crippen molar-refractivity contribution in [3.05, 3.63) is 24.3 Å². The van der Waals surface area contributed by atoms with Gasteiger partial charge in [-0.05, 0) is 39.1 Å². The van der Waals surface area contributed by atoms with Crippen LogP contribution in [0.4, 0.5) is 18.9 Å². The first-order valence-electron chi connectivity index (χ1n) is 6.62. The molecule has 0 atom stereocenters. The Balaban J connectivity index is 2.01. The first-order valence-corrected chi connectivity index (χ1v) is 6.62. The van der Waals surface area contributed by atoms with Crippen LogP contribution in [0.1, 0.15) is 12.8 Å². The largest absolute Gasteiger partial charge is 0.573 e. The molecule has 0 amide bonds. The van der Waals surface area contributed by atoms with Crippen LogP contribution in [0.3, 0.4) is 0 Å². The highest BCUT2D eigenvalue weighted by atomic mass is 19.4. The lowest BCUT2D eigenvalue weighted by Crippen LogP contribution is -2.41. The van der Waals surface area contributed by atoms with Crippen molar-refractivity contribution in [1.29, 1.82) is 0 Å². The van der Waals surface area contributed by atoms with E-state index in [1.54, 1.807) is 6.07 Å². The highest BCUT2D eigenvalue weighted by molar-refractivity contribution is 5.51. The van der Waals surface area contributed by atoms with Crippen LogP contribution in [0.15, 0.2) is 24.3 Å². The minimum Gasteiger partial charge on any atom is -0.406 e. The molecule has 6 heteroatoms. The summed E-state index contributed by atoms with van der Waals surface area (Å²) in [7, 11) is 4.11. The van der Waals surface area contributed by atoms with Crippen LogP contribution in [0.2, 0.25) is 0 Å². The van der Waals surface area contributed by atoms with Crippen molar-refractivity contribution in [3.63, 3.8) is 0 Å². The molecule has 0 spiro atoms. The van der Waals surface area contributed by atoms with Gasteiger partial charge in [-0.25, -0.2) is 0 Å². The molecule has 1 aliphatic heterocycles. The van der Waals surface area contributed by atoms with Gasteiger partial charge >= 0.3 is 6.36 Å². The van der Waals surface area contributed by atoms with E-state index in [9.17, 15) is 13.2 Å². The zero-order valence-corrected chi connectivity index (χ0v) is 11.7. The Hall–Kier alpha value is -1.43. The molecular formula is C14H19F3N2O. The van der Waals surface area contributed by atoms with Gasteiger partial charge in [0.25, 0.3) is 0 Å². The number of hydrogen-bond donors (Lipinski definition) is 0. The van der Waals surface area contributed by atoms with Crippen molar-refractivity contribution in [2.75, 3.05) is 32.1 Å². The Morgan fingerprint density at radius 2 is 1.85 bits per heavy atom. The average Bonchev–Trinajstić information content (AvgIpc) is 2.37. The maximum atomic E-state index is 12.2. The predicted molar refractivity (Wildman–Crippen MR) is 72.0 cm³/mol. The number of rotatable bonds is 3. The van der Waals surface area contributed by atoms with Gasteiger partial charge in [0.1, 0.15) is 5.75 Å². The SMILES string of the molecule is CN(C)C1CCN(c2cccc(OC(F)(F)F)c2)CC1. The number of halogens is 3. The summed E-state index contributed by atoms with van der Waals surface area (Å²) >= 11 is 0. The molecular weight excluding hydrogens is 269 g/mol. The lowest BCUT2D eigenvalue weighted by molar-refractivity contribution is -0.274. The van der Waals surface area contributed by atoms with Crippen LogP contribution in [0.25, 0.3) is 0 Å². The van der Waals surface area contributed by atoms with E-state index in [1.807, 2.05) is 6.07 Å². The van der Waals surface area contributed by atoms with Crippen molar-refractivity contribution in [3.8, 4) is 5.75 Å². The number of hydrogen-bond acceptors (Lipinski definition) is 3. The van der Waals surface area contributed by atoms with Crippen molar-refractivity contribution in [2.45, 2.75) is 25.2 Å². The monoisotopic (exact) mass is 288 g/mol. The molecule has 112 valence electrons. The number of ether oxygens (including phenoxy) is 1. The maximum absolute atomic E-state index is 12.2. The van der Waals surface area contributed by atoms with Crippen LogP contribution >= 0.6 is 0 Å². The van der Waals surface area contributed by atoms with Gasteiger partial charge in [0, 0.05) is 30.9 Å². The molecule has 1 saturated heterocycles. The molecule has 0 aliphatic carbocycles. The van der Waals surface area contributed by atoms with Crippen LogP contribution in [-0.2, 0) is 0 Å². The van der Waals surface area contributed by atoms with E-state index < -0.39 is 6.36 Å². The predicted octanol–water partition coefficient (Wildman–Crippen LogP) is 3.12. The standard InChI is InChI=1S/C14H19F3N2O/c1-18(2)11-6-8-19(9-7-11)12-4-3-5-13(10-12)20-14(15,16)17/h3-5,10-11H,6-9H2,1-2H3. The molecule has 1 aromatic rings. The van der Waals surface area contributed by atoms with Gasteiger partial charge in [-0.1, -0.05) is 6.07 Å². The highest BCUT2D eigenvalue weighted by Crippen LogP contribution is 2.28. The van der Waals surface area contributed by atoms with Gasteiger partial charge in [0.05, 0.1) is 0 Å². The van der Waals surface area contributed by atoms with E-state index in [0.717, 1.165) is 31.6 Å². The third-order valence-corrected chi connectivity index (χ3v) is 3.61. The summed E-state index contributed by atoms with van der Waals surface area (Å²) in [4.78, 5) is 4.30. The smallest absolute Gasteiger partial charge is 0.406 e. The Kier molecular flexibility index (Phi) is 4.42. The zero-order chi connectivity index (χ0) is 14.8. The van der Waals surface area contributed by atoms with Crippen LogP contribution in [0.5, 0.6) is 5.75 Å². The van der Waals surface area contributed by atoms with Gasteiger partial charge in [0.2, 0.25) is 0 Å². The number of alkyl halides is 3. The second kappa shape index (κ2) is 5.91. The summed E-state index contributed by atoms with van der Waals surface area (Å²) in [5.41, 5.74) is 0.781. The second-order valence-electron chi connectivity index (χ2n) is 5.23. The average molecular weight is 288 g/mol. The van der Waals surface area contributed by atoms with E-state index in [-0.39, 0.29) is 5.75 Å². The van der Waals surface area contributed by atoms with Crippen molar-refractivity contribution >= 4 is 5.69 Å². The molecule has 0 saturated carbocycles. The molecule has 1 aliphatic rings. The Morgan fingerprint density at radius 1 is 1.20 bits per heavy atom. The number of piperidine rings is 1. The van der Waals surface area contributed by atoms with Gasteiger partial charge in [-0.3, -0.25) is 0 Å². The minimum absolute atomic E-state index is 0.162. The van der Waals surface area contributed by atoms with Gasteiger partial charge < -0.3 is 14.5 Å². The quantitative estimate of drug-likeness (QED) is 0.850. The van der Waals surface area contributed by atoms with Crippen molar-refractivity contribution in [1.82, 2.24) is 4.90 Å². The topological polar surface area (TPSA) is 15.7 Å². The number of anilines is 1. The Morgan fingerprint density at radius 3 is 2.40 bits per heavy atom. The number of benzene rings is 1. The van der Waals surface area contributed by atoms with E-state index in [0.29, 0.717) is 6.04 Å². The summed E-state index contributed by atoms with van der Waals surface area (Å²) < 4.78 is 40.6. The molecule has 20 heavy (non-hydrogen) atoms. The normalized spacial score (nSPS) is 17.6. The van der Waals surface area contributed by atoms with Gasteiger partial charge in [0.15, 0.2) is 0 Å². The lowest BCUT2D eigenvalue weighted by atomic mass is 10.0. The molecule has 0 aromatic heterocycles. The molecule has 1 fully saturated rings. The summed E-state index contributed by atoms with van der Waals surface area (Å²) in [6.07, 6.45) is -2.62. The zero-order valence-electron chi connectivity index (χ0n) is 11.7. The lowest BCUT2D eigenvalue weighted by Gasteiger charge is -2.36. The van der Waals surface area contributed by atoms with Gasteiger partial charge in [-0.15, -0.1) is 13.2 Å². The van der Waals surface area contributed by atoms with E-state index >= 15 is 0 Å². The van der Waals surface area contributed by atoms with Crippen molar-refractivity contribution < 1.29 is 17.9 Å². The maximum Gasteiger partial charge on any atom is 0.573 e. The Labute approximate surface area is 116 Å². The summed E-state index contributed by atoms with van der Waals surface area (Å²) in [6, 6.07) is 6.72. The summed E-state index contributed by atoms with van der Waals surface area (Å²) in [6.45, 7) is 1.69. The number of nitrogens with zero attached hydrogens (tertiary/aromatic N) is 2. The van der Waals surface area contributed by atoms with E-state index in [4.69, 9.17) is 0 Å². The first kappa shape index (κ1) is 15.0. The fourth-order valence-electron chi connectivity index (χ4n) is 2.52. The molecule has 0 radical (unpaired) electrons. The fraction of sp³-hybridized carbons (Fsp3) is 0.571. The third-order valence-electron chi connectivity index (χ3n) is 3.61. The van der Waals surface area contributed by atoms with Crippen LogP contribution in [0, 0.1) is 0 Å². The molecule has 0 N–H and O–H groups in total. The molecule has 0 bridgehead atoms. The molecule has 2 rings (SSSR count). The summed E-state index contributed by atoms with van der Waals surface area (Å²) in [5.74, 6) is -0.162. The fourth-order valence-corrected chi connectivity index (χ4v) is 2.52. The van der Waals surface area contributed by atoms with Crippen molar-refractivity contribution in [2.24, 2.45) is 0 Å². The molecule has 1 heterocycles. The Bertz CT molecular complexity index is 440. The van der Waals surface area contributed by atoms with E-state index in [1.165, 1.54) is 12.1 Å². The van der Waals surface area contributed by atoms with Gasteiger partial charge in [-0.2, -0.15) is 0 Å². The first-order chi connectivity index (χ1) is 9.35.